The molecule has 0 bridgehead atoms. The molecule has 2 N–H and O–H groups in total. The van der Waals surface area contributed by atoms with Crippen LogP contribution in [0.1, 0.15) is 58.9 Å². The van der Waals surface area contributed by atoms with Gasteiger partial charge in [-0.2, -0.15) is 5.26 Å². The quantitative estimate of drug-likeness (QED) is 0.421. The molecule has 44 heavy (non-hydrogen) atoms. The van der Waals surface area contributed by atoms with E-state index < -0.39 is 10.0 Å². The van der Waals surface area contributed by atoms with Gasteiger partial charge >= 0.3 is 0 Å². The highest BCUT2D eigenvalue weighted by atomic mass is 32.2. The van der Waals surface area contributed by atoms with E-state index in [0.717, 1.165) is 48.3 Å². The topological polar surface area (TPSA) is 124 Å². The lowest BCUT2D eigenvalue weighted by Gasteiger charge is -2.39. The molecule has 5 rings (SSSR count). The van der Waals surface area contributed by atoms with Crippen molar-refractivity contribution >= 4 is 27.4 Å². The van der Waals surface area contributed by atoms with Crippen molar-refractivity contribution in [1.29, 1.82) is 5.26 Å². The van der Waals surface area contributed by atoms with Gasteiger partial charge in [0.1, 0.15) is 16.8 Å². The number of nitriles is 1. The third-order valence-corrected chi connectivity index (χ3v) is 10.1. The number of rotatable bonds is 6. The molecule has 3 aromatic rings. The summed E-state index contributed by atoms with van der Waals surface area (Å²) in [5.74, 6) is 1.25. The summed E-state index contributed by atoms with van der Waals surface area (Å²) < 4.78 is 24.2. The molecular weight excluding hydrogens is 572 g/mol. The Kier molecular flexibility index (Phi) is 10.0. The van der Waals surface area contributed by atoms with Crippen molar-refractivity contribution in [3.63, 3.8) is 0 Å². The molecule has 234 valence electrons. The van der Waals surface area contributed by atoms with Crippen LogP contribution in [0.15, 0.2) is 53.6 Å². The molecule has 1 aromatic heterocycles. The molecule has 9 nitrogen and oxygen atoms in total. The van der Waals surface area contributed by atoms with E-state index in [2.05, 4.69) is 42.8 Å². The predicted octanol–water partition coefficient (Wildman–Crippen LogP) is 4.83. The Morgan fingerprint density at radius 3 is 2.39 bits per heavy atom. The molecule has 2 atom stereocenters. The lowest BCUT2D eigenvalue weighted by molar-refractivity contribution is 0.0744. The molecule has 3 heterocycles. The minimum atomic E-state index is -3.91. The maximum absolute atomic E-state index is 13.9. The zero-order valence-electron chi connectivity index (χ0n) is 25.4. The number of aryl methyl sites for hydroxylation is 2. The fraction of sp³-hybridized carbons (Fsp3) is 0.441. The van der Waals surface area contributed by atoms with E-state index in [9.17, 15) is 18.5 Å². The summed E-state index contributed by atoms with van der Waals surface area (Å²) in [5, 5.41) is 15.0. The SMILES string of the molecule is C.Cc1cc(C)c(C(=O)N2CCN(c3ncccc3S(N)(=O)=O)CC2)c(C)c1C[C@@H]1CCN(c2ccccc2C#N)C[C@H]1C. The van der Waals surface area contributed by atoms with E-state index in [0.29, 0.717) is 49.4 Å². The van der Waals surface area contributed by atoms with Crippen molar-refractivity contribution in [2.45, 2.75) is 52.9 Å². The summed E-state index contributed by atoms with van der Waals surface area (Å²) in [6.45, 7) is 12.2. The van der Waals surface area contributed by atoms with E-state index >= 15 is 0 Å². The van der Waals surface area contributed by atoms with Gasteiger partial charge in [0.15, 0.2) is 0 Å². The van der Waals surface area contributed by atoms with Crippen molar-refractivity contribution in [1.82, 2.24) is 9.88 Å². The first-order valence-electron chi connectivity index (χ1n) is 14.8. The molecular formula is C34H44N6O3S. The average Bonchev–Trinajstić information content (AvgIpc) is 2.99. The lowest BCUT2D eigenvalue weighted by Crippen LogP contribution is -2.49. The van der Waals surface area contributed by atoms with Gasteiger partial charge in [-0.3, -0.25) is 4.79 Å². The summed E-state index contributed by atoms with van der Waals surface area (Å²) in [6, 6.07) is 15.3. The van der Waals surface area contributed by atoms with Crippen LogP contribution >= 0.6 is 0 Å². The van der Waals surface area contributed by atoms with Gasteiger partial charge in [0, 0.05) is 51.0 Å². The van der Waals surface area contributed by atoms with Gasteiger partial charge < -0.3 is 14.7 Å². The number of benzene rings is 2. The first kappa shape index (κ1) is 33.0. The number of amides is 1. The Morgan fingerprint density at radius 2 is 1.73 bits per heavy atom. The molecule has 2 fully saturated rings. The second kappa shape index (κ2) is 13.4. The number of pyridine rings is 1. The number of para-hydroxylation sites is 1. The van der Waals surface area contributed by atoms with Crippen LogP contribution in [0.5, 0.6) is 0 Å². The van der Waals surface area contributed by atoms with Crippen molar-refractivity contribution in [3.8, 4) is 6.07 Å². The number of carbonyl (C=O) groups excluding carboxylic acids is 1. The van der Waals surface area contributed by atoms with Crippen LogP contribution in [-0.4, -0.2) is 63.5 Å². The Hall–Kier alpha value is -3.94. The molecule has 0 unspecified atom stereocenters. The van der Waals surface area contributed by atoms with Crippen LogP contribution in [0.2, 0.25) is 0 Å². The summed E-state index contributed by atoms with van der Waals surface area (Å²) >= 11 is 0. The Morgan fingerprint density at radius 1 is 1.02 bits per heavy atom. The second-order valence-electron chi connectivity index (χ2n) is 11.9. The van der Waals surface area contributed by atoms with Crippen molar-refractivity contribution in [2.24, 2.45) is 17.0 Å². The zero-order valence-corrected chi connectivity index (χ0v) is 26.2. The number of anilines is 2. The maximum atomic E-state index is 13.9. The Bertz CT molecular complexity index is 1670. The zero-order chi connectivity index (χ0) is 30.9. The van der Waals surface area contributed by atoms with Crippen molar-refractivity contribution in [2.75, 3.05) is 49.1 Å². The minimum absolute atomic E-state index is 0. The van der Waals surface area contributed by atoms with Gasteiger partial charge in [-0.1, -0.05) is 32.5 Å². The molecule has 2 aliphatic rings. The Balaban J connectivity index is 0.00000442. The van der Waals surface area contributed by atoms with Crippen LogP contribution in [0.4, 0.5) is 11.5 Å². The minimum Gasteiger partial charge on any atom is -0.370 e. The van der Waals surface area contributed by atoms with Crippen LogP contribution in [-0.2, 0) is 16.4 Å². The number of hydrogen-bond acceptors (Lipinski definition) is 7. The van der Waals surface area contributed by atoms with Gasteiger partial charge in [-0.15, -0.1) is 0 Å². The second-order valence-corrected chi connectivity index (χ2v) is 13.5. The van der Waals surface area contributed by atoms with Gasteiger partial charge in [0.2, 0.25) is 10.0 Å². The number of nitrogens with zero attached hydrogens (tertiary/aromatic N) is 5. The van der Waals surface area contributed by atoms with Crippen molar-refractivity contribution in [3.05, 3.63) is 82.0 Å². The van der Waals surface area contributed by atoms with E-state index in [1.54, 1.807) is 12.3 Å². The molecule has 2 aliphatic heterocycles. The summed E-state index contributed by atoms with van der Waals surface area (Å²) in [7, 11) is -3.91. The fourth-order valence-corrected chi connectivity index (χ4v) is 7.52. The van der Waals surface area contributed by atoms with Crippen molar-refractivity contribution < 1.29 is 13.2 Å². The van der Waals surface area contributed by atoms with Gasteiger partial charge in [-0.05, 0) is 92.0 Å². The molecule has 0 radical (unpaired) electrons. The Labute approximate surface area is 262 Å². The first-order chi connectivity index (χ1) is 20.5. The number of carbonyl (C=O) groups is 1. The number of aromatic nitrogens is 1. The van der Waals surface area contributed by atoms with E-state index in [1.807, 2.05) is 41.0 Å². The fourth-order valence-electron chi connectivity index (χ4n) is 6.81. The van der Waals surface area contributed by atoms with Crippen LogP contribution < -0.4 is 14.9 Å². The smallest absolute Gasteiger partial charge is 0.254 e. The summed E-state index contributed by atoms with van der Waals surface area (Å²) in [6.07, 6.45) is 3.49. The molecule has 1 amide bonds. The third kappa shape index (κ3) is 6.59. The predicted molar refractivity (Wildman–Crippen MR) is 175 cm³/mol. The van der Waals surface area contributed by atoms with E-state index in [-0.39, 0.29) is 18.2 Å². The summed E-state index contributed by atoms with van der Waals surface area (Å²) in [4.78, 5) is 24.3. The average molecular weight is 617 g/mol. The number of piperazine rings is 1. The standard InChI is InChI=1S/C33H40N6O3S.CH4/c1-22-18-23(2)31(33(40)38-16-14-37(15-17-38)32-30(43(35,41)42)10-7-12-36-32)25(4)28(22)19-26-11-13-39(21-24(26)3)29-9-6-5-8-27(29)20-34;/h5-10,12,18,24,26H,11,13-17,19,21H2,1-4H3,(H2,35,41,42);1H4/t24-,26+;/m1./s1. The third-order valence-electron chi connectivity index (χ3n) is 9.18. The lowest BCUT2D eigenvalue weighted by atomic mass is 9.79. The van der Waals surface area contributed by atoms with Crippen LogP contribution in [0.3, 0.4) is 0 Å². The highest BCUT2D eigenvalue weighted by Gasteiger charge is 2.31. The monoisotopic (exact) mass is 616 g/mol. The number of sulfonamides is 1. The largest absolute Gasteiger partial charge is 0.370 e. The van der Waals surface area contributed by atoms with E-state index in [1.165, 1.54) is 17.2 Å². The molecule has 0 saturated carbocycles. The molecule has 2 aromatic carbocycles. The number of nitrogens with two attached hydrogens (primary N) is 1. The van der Waals surface area contributed by atoms with Crippen LogP contribution in [0.25, 0.3) is 0 Å². The maximum Gasteiger partial charge on any atom is 0.254 e. The first-order valence-corrected chi connectivity index (χ1v) is 16.4. The normalized spacial score (nSPS) is 18.9. The summed E-state index contributed by atoms with van der Waals surface area (Å²) in [5.41, 5.74) is 6.99. The number of primary sulfonamides is 1. The number of piperidine rings is 1. The van der Waals surface area contributed by atoms with Gasteiger partial charge in [-0.25, -0.2) is 18.5 Å². The molecule has 0 aliphatic carbocycles. The van der Waals surface area contributed by atoms with E-state index in [4.69, 9.17) is 5.14 Å². The highest BCUT2D eigenvalue weighted by Crippen LogP contribution is 2.34. The molecule has 2 saturated heterocycles. The van der Waals surface area contributed by atoms with Gasteiger partial charge in [0.25, 0.3) is 5.91 Å². The number of hydrogen-bond donors (Lipinski definition) is 1. The van der Waals surface area contributed by atoms with Crippen LogP contribution in [0, 0.1) is 43.9 Å². The molecule has 10 heteroatoms. The molecule has 0 spiro atoms. The van der Waals surface area contributed by atoms with Gasteiger partial charge in [0.05, 0.1) is 11.3 Å². The highest BCUT2D eigenvalue weighted by molar-refractivity contribution is 7.89.